The van der Waals surface area contributed by atoms with Gasteiger partial charge >= 0.3 is 6.09 Å². The minimum absolute atomic E-state index is 0. The standard InChI is InChI=1S/C22H30N4O2.HI/c1-5-23-20(25-16-22(2,3)18-9-7-6-8-10-18)24-15-17-11-13-19(14-12-17)26-21(27)28-4;/h6-14H,5,15-16H2,1-4H3,(H,26,27)(H2,23,24,25);1H. The number of nitrogens with zero attached hydrogens (tertiary/aromatic N) is 1. The molecular formula is C22H31IN4O2. The second kappa shape index (κ2) is 12.3. The highest BCUT2D eigenvalue weighted by molar-refractivity contribution is 14.0. The van der Waals surface area contributed by atoms with Crippen molar-refractivity contribution in [1.82, 2.24) is 10.6 Å². The van der Waals surface area contributed by atoms with Crippen LogP contribution in [-0.2, 0) is 16.7 Å². The van der Waals surface area contributed by atoms with Gasteiger partial charge in [-0.2, -0.15) is 0 Å². The number of benzene rings is 2. The molecule has 0 aliphatic rings. The molecular weight excluding hydrogens is 479 g/mol. The Kier molecular flexibility index (Phi) is 10.5. The van der Waals surface area contributed by atoms with Gasteiger partial charge in [-0.25, -0.2) is 9.79 Å². The predicted octanol–water partition coefficient (Wildman–Crippen LogP) is 4.52. The van der Waals surface area contributed by atoms with E-state index in [2.05, 4.69) is 63.8 Å². The van der Waals surface area contributed by atoms with Gasteiger partial charge < -0.3 is 15.4 Å². The van der Waals surface area contributed by atoms with Crippen LogP contribution in [0, 0.1) is 0 Å². The summed E-state index contributed by atoms with van der Waals surface area (Å²) >= 11 is 0. The lowest BCUT2D eigenvalue weighted by Crippen LogP contribution is -2.43. The van der Waals surface area contributed by atoms with Gasteiger partial charge in [-0.15, -0.1) is 24.0 Å². The monoisotopic (exact) mass is 510 g/mol. The van der Waals surface area contributed by atoms with Gasteiger partial charge in [0.2, 0.25) is 0 Å². The molecule has 0 aliphatic carbocycles. The van der Waals surface area contributed by atoms with E-state index in [0.717, 1.165) is 24.6 Å². The minimum Gasteiger partial charge on any atom is -0.453 e. The quantitative estimate of drug-likeness (QED) is 0.291. The zero-order valence-electron chi connectivity index (χ0n) is 17.5. The van der Waals surface area contributed by atoms with E-state index in [-0.39, 0.29) is 29.4 Å². The topological polar surface area (TPSA) is 74.8 Å². The fourth-order valence-electron chi connectivity index (χ4n) is 2.67. The van der Waals surface area contributed by atoms with Gasteiger partial charge in [0.1, 0.15) is 0 Å². The summed E-state index contributed by atoms with van der Waals surface area (Å²) in [6.45, 7) is 8.58. The van der Waals surface area contributed by atoms with Gasteiger partial charge in [0.15, 0.2) is 5.96 Å². The molecule has 0 aromatic heterocycles. The Morgan fingerprint density at radius 3 is 2.28 bits per heavy atom. The van der Waals surface area contributed by atoms with Crippen molar-refractivity contribution >= 4 is 41.7 Å². The molecule has 0 heterocycles. The van der Waals surface area contributed by atoms with Crippen molar-refractivity contribution in [3.05, 3.63) is 65.7 Å². The minimum atomic E-state index is -0.481. The lowest BCUT2D eigenvalue weighted by Gasteiger charge is -2.26. The highest BCUT2D eigenvalue weighted by Crippen LogP contribution is 2.21. The van der Waals surface area contributed by atoms with Crippen LogP contribution in [0.15, 0.2) is 59.6 Å². The third kappa shape index (κ3) is 8.31. The number of rotatable bonds is 7. The molecule has 0 aliphatic heterocycles. The van der Waals surface area contributed by atoms with Crippen molar-refractivity contribution in [1.29, 1.82) is 0 Å². The maximum atomic E-state index is 11.2. The maximum Gasteiger partial charge on any atom is 0.411 e. The van der Waals surface area contributed by atoms with Crippen LogP contribution in [0.5, 0.6) is 0 Å². The average molecular weight is 510 g/mol. The van der Waals surface area contributed by atoms with Crippen molar-refractivity contribution in [2.45, 2.75) is 32.7 Å². The second-order valence-electron chi connectivity index (χ2n) is 7.11. The molecule has 7 heteroatoms. The number of amides is 1. The third-order valence-corrected chi connectivity index (χ3v) is 4.40. The number of ether oxygens (including phenoxy) is 1. The molecule has 1 amide bonds. The molecule has 0 fully saturated rings. The van der Waals surface area contributed by atoms with E-state index < -0.39 is 6.09 Å². The number of guanidine groups is 1. The molecule has 2 aromatic carbocycles. The number of carbonyl (C=O) groups excluding carboxylic acids is 1. The van der Waals surface area contributed by atoms with E-state index in [1.807, 2.05) is 37.3 Å². The molecule has 0 unspecified atom stereocenters. The third-order valence-electron chi connectivity index (χ3n) is 4.40. The predicted molar refractivity (Wildman–Crippen MR) is 130 cm³/mol. The summed E-state index contributed by atoms with van der Waals surface area (Å²) in [5.74, 6) is 0.781. The van der Waals surface area contributed by atoms with E-state index in [9.17, 15) is 4.79 Å². The van der Waals surface area contributed by atoms with Gasteiger partial charge in [-0.3, -0.25) is 5.32 Å². The summed E-state index contributed by atoms with van der Waals surface area (Å²) in [6.07, 6.45) is -0.481. The smallest absolute Gasteiger partial charge is 0.411 e. The molecule has 0 saturated heterocycles. The summed E-state index contributed by atoms with van der Waals surface area (Å²) in [6, 6.07) is 18.0. The molecule has 0 atom stereocenters. The Morgan fingerprint density at radius 2 is 1.69 bits per heavy atom. The summed E-state index contributed by atoms with van der Waals surface area (Å²) in [5.41, 5.74) is 3.01. The van der Waals surface area contributed by atoms with Gasteiger partial charge in [0.25, 0.3) is 0 Å². The first-order chi connectivity index (χ1) is 13.4. The van der Waals surface area contributed by atoms with E-state index in [1.54, 1.807) is 0 Å². The molecule has 2 aromatic rings. The molecule has 0 radical (unpaired) electrons. The number of nitrogens with one attached hydrogen (secondary N) is 3. The van der Waals surface area contributed by atoms with Gasteiger partial charge in [0.05, 0.1) is 13.7 Å². The normalized spacial score (nSPS) is 11.2. The molecule has 29 heavy (non-hydrogen) atoms. The van der Waals surface area contributed by atoms with Crippen LogP contribution < -0.4 is 16.0 Å². The largest absolute Gasteiger partial charge is 0.453 e. The number of anilines is 1. The van der Waals surface area contributed by atoms with E-state index >= 15 is 0 Å². The fourth-order valence-corrected chi connectivity index (χ4v) is 2.67. The van der Waals surface area contributed by atoms with Crippen LogP contribution in [-0.4, -0.2) is 32.3 Å². The van der Waals surface area contributed by atoms with Crippen LogP contribution in [0.3, 0.4) is 0 Å². The van der Waals surface area contributed by atoms with Gasteiger partial charge in [0, 0.05) is 24.2 Å². The number of aliphatic imine (C=N–C) groups is 1. The molecule has 0 saturated carbocycles. The van der Waals surface area contributed by atoms with Crippen molar-refractivity contribution in [2.24, 2.45) is 4.99 Å². The Labute approximate surface area is 190 Å². The van der Waals surface area contributed by atoms with Crippen LogP contribution in [0.25, 0.3) is 0 Å². The lowest BCUT2D eigenvalue weighted by atomic mass is 9.85. The molecule has 6 nitrogen and oxygen atoms in total. The van der Waals surface area contributed by atoms with Crippen LogP contribution in [0.2, 0.25) is 0 Å². The molecule has 158 valence electrons. The first-order valence-corrected chi connectivity index (χ1v) is 9.46. The summed E-state index contributed by atoms with van der Waals surface area (Å²) < 4.78 is 4.59. The van der Waals surface area contributed by atoms with Crippen molar-refractivity contribution in [3.8, 4) is 0 Å². The zero-order chi connectivity index (χ0) is 20.4. The highest BCUT2D eigenvalue weighted by Gasteiger charge is 2.20. The number of halogens is 1. The van der Waals surface area contributed by atoms with Gasteiger partial charge in [-0.1, -0.05) is 56.3 Å². The fraction of sp³-hybridized carbons (Fsp3) is 0.364. The summed E-state index contributed by atoms with van der Waals surface area (Å²) in [4.78, 5) is 15.9. The number of carbonyl (C=O) groups is 1. The second-order valence-corrected chi connectivity index (χ2v) is 7.11. The Hall–Kier alpha value is -2.29. The first-order valence-electron chi connectivity index (χ1n) is 9.46. The summed E-state index contributed by atoms with van der Waals surface area (Å²) in [7, 11) is 1.34. The van der Waals surface area contributed by atoms with Crippen LogP contribution >= 0.6 is 24.0 Å². The number of hydrogen-bond acceptors (Lipinski definition) is 3. The zero-order valence-corrected chi connectivity index (χ0v) is 19.8. The molecule has 0 bridgehead atoms. The molecule has 2 rings (SSSR count). The van der Waals surface area contributed by atoms with E-state index in [0.29, 0.717) is 12.2 Å². The van der Waals surface area contributed by atoms with Crippen molar-refractivity contribution in [2.75, 3.05) is 25.5 Å². The number of hydrogen-bond donors (Lipinski definition) is 3. The molecule has 3 N–H and O–H groups in total. The van der Waals surface area contributed by atoms with Crippen LogP contribution in [0.4, 0.5) is 10.5 Å². The summed E-state index contributed by atoms with van der Waals surface area (Å²) in [5, 5.41) is 9.36. The van der Waals surface area contributed by atoms with E-state index in [4.69, 9.17) is 0 Å². The number of methoxy groups -OCH3 is 1. The SMILES string of the molecule is CCNC(=NCc1ccc(NC(=O)OC)cc1)NCC(C)(C)c1ccccc1.I. The average Bonchev–Trinajstić information content (AvgIpc) is 2.71. The Bertz CT molecular complexity index is 777. The van der Waals surface area contributed by atoms with E-state index in [1.165, 1.54) is 12.7 Å². The first kappa shape index (κ1) is 24.7. The Balaban J connectivity index is 0.00000420. The maximum absolute atomic E-state index is 11.2. The van der Waals surface area contributed by atoms with Crippen molar-refractivity contribution < 1.29 is 9.53 Å². The Morgan fingerprint density at radius 1 is 1.03 bits per heavy atom. The lowest BCUT2D eigenvalue weighted by molar-refractivity contribution is 0.187. The van der Waals surface area contributed by atoms with Crippen LogP contribution in [0.1, 0.15) is 31.9 Å². The highest BCUT2D eigenvalue weighted by atomic mass is 127. The van der Waals surface area contributed by atoms with Gasteiger partial charge in [-0.05, 0) is 30.2 Å². The van der Waals surface area contributed by atoms with Crippen molar-refractivity contribution in [3.63, 3.8) is 0 Å². The molecule has 0 spiro atoms.